The summed E-state index contributed by atoms with van der Waals surface area (Å²) in [4.78, 5) is 12.2. The van der Waals surface area contributed by atoms with Crippen molar-refractivity contribution >= 4 is 5.95 Å². The van der Waals surface area contributed by atoms with Gasteiger partial charge in [-0.25, -0.2) is 9.97 Å². The molecule has 0 atom stereocenters. The first-order chi connectivity index (χ1) is 13.5. The largest absolute Gasteiger partial charge is 1.00 e. The lowest BCUT2D eigenvalue weighted by Crippen LogP contribution is -3.00. The van der Waals surface area contributed by atoms with Gasteiger partial charge in [0.1, 0.15) is 5.69 Å². The number of halogens is 4. The molecule has 3 aromatic rings. The van der Waals surface area contributed by atoms with Gasteiger partial charge in [-0.2, -0.15) is 13.2 Å². The first kappa shape index (κ1) is 21.1. The number of hydrogen-bond donors (Lipinski definition) is 0. The fourth-order valence-corrected chi connectivity index (χ4v) is 3.22. The summed E-state index contributed by atoms with van der Waals surface area (Å²) in [6, 6.07) is 14.2. The fourth-order valence-electron chi connectivity index (χ4n) is 3.22. The van der Waals surface area contributed by atoms with Crippen LogP contribution < -0.4 is 17.3 Å². The average molecular weight is 424 g/mol. The summed E-state index contributed by atoms with van der Waals surface area (Å²) in [5.41, 5.74) is 0.385. The highest BCUT2D eigenvalue weighted by Gasteiger charge is 2.35. The first-order valence-corrected chi connectivity index (χ1v) is 9.00. The zero-order valence-corrected chi connectivity index (χ0v) is 16.2. The van der Waals surface area contributed by atoms with Gasteiger partial charge in [-0.3, -0.25) is 4.90 Å². The predicted octanol–water partition coefficient (Wildman–Crippen LogP) is 1.08. The van der Waals surface area contributed by atoms with Gasteiger partial charge in [0.25, 0.3) is 0 Å². The molecule has 0 N–H and O–H groups in total. The quantitative estimate of drug-likeness (QED) is 0.628. The van der Waals surface area contributed by atoms with Crippen molar-refractivity contribution in [3.05, 3.63) is 66.1 Å². The number of piperazine rings is 1. The molecule has 0 saturated carbocycles. The van der Waals surface area contributed by atoms with E-state index >= 15 is 0 Å². The lowest BCUT2D eigenvalue weighted by Gasteiger charge is -2.35. The number of anilines is 1. The van der Waals surface area contributed by atoms with Crippen molar-refractivity contribution in [1.82, 2.24) is 14.9 Å². The molecule has 2 aromatic heterocycles. The fraction of sp³-hybridized carbons (Fsp3) is 0.300. The highest BCUT2D eigenvalue weighted by Crippen LogP contribution is 2.32. The van der Waals surface area contributed by atoms with Gasteiger partial charge in [0, 0.05) is 32.7 Å². The monoisotopic (exact) mass is 423 g/mol. The van der Waals surface area contributed by atoms with Crippen LogP contribution in [0.5, 0.6) is 0 Å². The molecule has 1 fully saturated rings. The van der Waals surface area contributed by atoms with Gasteiger partial charge >= 0.3 is 6.18 Å². The van der Waals surface area contributed by atoms with Crippen molar-refractivity contribution in [1.29, 1.82) is 0 Å². The molecule has 0 spiro atoms. The molecule has 0 bridgehead atoms. The van der Waals surface area contributed by atoms with E-state index in [9.17, 15) is 13.2 Å². The molecule has 0 amide bonds. The van der Waals surface area contributed by atoms with E-state index in [1.54, 1.807) is 17.0 Å². The number of benzene rings is 1. The average Bonchev–Trinajstić information content (AvgIpc) is 3.23. The van der Waals surface area contributed by atoms with Crippen molar-refractivity contribution < 1.29 is 30.0 Å². The molecule has 1 saturated heterocycles. The van der Waals surface area contributed by atoms with Crippen LogP contribution in [0.2, 0.25) is 0 Å². The Kier molecular flexibility index (Phi) is 6.44. The van der Waals surface area contributed by atoms with Crippen LogP contribution in [-0.4, -0.2) is 41.0 Å². The van der Waals surface area contributed by atoms with Crippen LogP contribution in [0.1, 0.15) is 11.3 Å². The van der Waals surface area contributed by atoms with E-state index in [0.29, 0.717) is 13.1 Å². The van der Waals surface area contributed by atoms with E-state index in [1.807, 2.05) is 18.2 Å². The summed E-state index contributed by atoms with van der Waals surface area (Å²) in [5, 5.41) is 0. The second-order valence-corrected chi connectivity index (χ2v) is 6.66. The molecule has 5 nitrogen and oxygen atoms in total. The lowest BCUT2D eigenvalue weighted by molar-refractivity contribution is -0.141. The van der Waals surface area contributed by atoms with Crippen LogP contribution in [0, 0.1) is 0 Å². The molecule has 0 radical (unpaired) electrons. The van der Waals surface area contributed by atoms with E-state index in [2.05, 4.69) is 27.0 Å². The number of rotatable bonds is 4. The Labute approximate surface area is 172 Å². The minimum absolute atomic E-state index is 0. The second kappa shape index (κ2) is 8.84. The van der Waals surface area contributed by atoms with Crippen molar-refractivity contribution in [3.63, 3.8) is 0 Å². The van der Waals surface area contributed by atoms with Crippen molar-refractivity contribution in [2.24, 2.45) is 0 Å². The van der Waals surface area contributed by atoms with Gasteiger partial charge in [0.05, 0.1) is 6.26 Å². The van der Waals surface area contributed by atoms with E-state index < -0.39 is 11.9 Å². The third-order valence-corrected chi connectivity index (χ3v) is 4.68. The number of nitrogens with zero attached hydrogens (tertiary/aromatic N) is 4. The molecule has 4 rings (SSSR count). The Morgan fingerprint density at radius 3 is 2.28 bits per heavy atom. The van der Waals surface area contributed by atoms with Crippen LogP contribution in [-0.2, 0) is 12.7 Å². The standard InChI is InChI=1S/C20H19F3N4O.ClH/c21-20(22,23)18-13-16(17-7-4-12-28-17)24-19(25-18)27-10-8-26(9-11-27)14-15-5-2-1-3-6-15;/h1-7,12-13H,8-11,14H2;1H/p-1. The highest BCUT2D eigenvalue weighted by atomic mass is 35.5. The molecule has 0 aliphatic carbocycles. The maximum atomic E-state index is 13.3. The van der Waals surface area contributed by atoms with E-state index in [-0.39, 0.29) is 29.8 Å². The molecule has 29 heavy (non-hydrogen) atoms. The summed E-state index contributed by atoms with van der Waals surface area (Å²) in [7, 11) is 0. The van der Waals surface area contributed by atoms with Crippen LogP contribution in [0.25, 0.3) is 11.5 Å². The Morgan fingerprint density at radius 1 is 0.931 bits per heavy atom. The summed E-state index contributed by atoms with van der Waals surface area (Å²) >= 11 is 0. The maximum Gasteiger partial charge on any atom is 0.433 e. The highest BCUT2D eigenvalue weighted by molar-refractivity contribution is 5.55. The molecule has 1 aromatic carbocycles. The van der Waals surface area contributed by atoms with E-state index in [4.69, 9.17) is 4.42 Å². The lowest BCUT2D eigenvalue weighted by atomic mass is 10.2. The Bertz CT molecular complexity index is 911. The molecule has 9 heteroatoms. The molecule has 1 aliphatic rings. The van der Waals surface area contributed by atoms with Crippen LogP contribution in [0.4, 0.5) is 19.1 Å². The van der Waals surface area contributed by atoms with Crippen LogP contribution in [0.3, 0.4) is 0 Å². The Hall–Kier alpha value is -2.58. The van der Waals surface area contributed by atoms with Gasteiger partial charge in [-0.15, -0.1) is 0 Å². The third kappa shape index (κ3) is 5.07. The topological polar surface area (TPSA) is 45.4 Å². The maximum absolute atomic E-state index is 13.3. The van der Waals surface area contributed by atoms with E-state index in [1.165, 1.54) is 11.8 Å². The Balaban J connectivity index is 0.00000240. The molecule has 1 aliphatic heterocycles. The zero-order valence-electron chi connectivity index (χ0n) is 15.4. The van der Waals surface area contributed by atoms with Gasteiger partial charge in [0.2, 0.25) is 5.95 Å². The van der Waals surface area contributed by atoms with Gasteiger partial charge in [-0.1, -0.05) is 30.3 Å². The third-order valence-electron chi connectivity index (χ3n) is 4.68. The van der Waals surface area contributed by atoms with Crippen molar-refractivity contribution in [2.75, 3.05) is 31.1 Å². The zero-order chi connectivity index (χ0) is 19.6. The second-order valence-electron chi connectivity index (χ2n) is 6.66. The van der Waals surface area contributed by atoms with Gasteiger partial charge < -0.3 is 21.7 Å². The minimum atomic E-state index is -4.55. The first-order valence-electron chi connectivity index (χ1n) is 9.00. The molecular formula is C20H19ClF3N4O-. The Morgan fingerprint density at radius 2 is 1.66 bits per heavy atom. The smallest absolute Gasteiger partial charge is 0.433 e. The molecule has 154 valence electrons. The molecular weight excluding hydrogens is 405 g/mol. The number of alkyl halides is 3. The number of furan rings is 1. The normalized spacial score (nSPS) is 15.2. The SMILES string of the molecule is FC(F)(F)c1cc(-c2ccco2)nc(N2CCN(Cc3ccccc3)CC2)n1.[Cl-]. The van der Waals surface area contributed by atoms with Crippen molar-refractivity contribution in [3.8, 4) is 11.5 Å². The molecule has 0 unspecified atom stereocenters. The van der Waals surface area contributed by atoms with Crippen molar-refractivity contribution in [2.45, 2.75) is 12.7 Å². The summed E-state index contributed by atoms with van der Waals surface area (Å²) in [5.74, 6) is 0.373. The van der Waals surface area contributed by atoms with Crippen LogP contribution >= 0.6 is 0 Å². The van der Waals surface area contributed by atoms with Gasteiger partial charge in [0.15, 0.2) is 11.5 Å². The number of hydrogen-bond acceptors (Lipinski definition) is 5. The summed E-state index contributed by atoms with van der Waals surface area (Å²) in [6.07, 6.45) is -3.14. The number of aromatic nitrogens is 2. The summed E-state index contributed by atoms with van der Waals surface area (Å²) in [6.45, 7) is 3.39. The summed E-state index contributed by atoms with van der Waals surface area (Å²) < 4.78 is 45.2. The van der Waals surface area contributed by atoms with E-state index in [0.717, 1.165) is 25.7 Å². The molecule has 3 heterocycles. The van der Waals surface area contributed by atoms with Gasteiger partial charge in [-0.05, 0) is 23.8 Å². The predicted molar refractivity (Wildman–Crippen MR) is 98.7 cm³/mol. The van der Waals surface area contributed by atoms with Crippen LogP contribution in [0.15, 0.2) is 59.2 Å². The minimum Gasteiger partial charge on any atom is -1.00 e.